The Morgan fingerprint density at radius 3 is 2.70 bits per heavy atom. The van der Waals surface area contributed by atoms with Gasteiger partial charge in [0.15, 0.2) is 10.8 Å². The Hall–Kier alpha value is -4.10. The van der Waals surface area contributed by atoms with Crippen LogP contribution in [0, 0.1) is 0 Å². The highest BCUT2D eigenvalue weighted by Gasteiger charge is 2.53. The topological polar surface area (TPSA) is 256 Å². The van der Waals surface area contributed by atoms with Crippen LogP contribution in [0.2, 0.25) is 0 Å². The molecule has 0 bridgehead atoms. The number of thiazole rings is 1. The van der Waals surface area contributed by atoms with Crippen molar-refractivity contribution in [1.82, 2.24) is 20.2 Å². The number of carboxylic acids is 2. The number of amides is 2. The van der Waals surface area contributed by atoms with Crippen LogP contribution in [-0.4, -0.2) is 78.0 Å². The van der Waals surface area contributed by atoms with Gasteiger partial charge in [0.1, 0.15) is 17.1 Å². The summed E-state index contributed by atoms with van der Waals surface area (Å²) in [6.45, 7) is 2.49. The first kappa shape index (κ1) is 31.3. The molecule has 19 heteroatoms. The summed E-state index contributed by atoms with van der Waals surface area (Å²) in [6.07, 6.45) is 4.79. The maximum Gasteiger partial charge on any atom is 0.385 e. The fraction of sp³-hybridized carbons (Fsp3) is 0.440. The lowest BCUT2D eigenvalue weighted by Gasteiger charge is -2.50. The molecule has 2 amide bonds. The quantitative estimate of drug-likeness (QED) is 0.0364. The third-order valence-electron chi connectivity index (χ3n) is 7.22. The van der Waals surface area contributed by atoms with Crippen molar-refractivity contribution in [2.24, 2.45) is 5.16 Å². The molecule has 2 unspecified atom stereocenters. The number of fused-ring (bicyclic) bond motifs is 2. The Morgan fingerprint density at radius 1 is 1.32 bits per heavy atom. The maximum absolute atomic E-state index is 13.3. The van der Waals surface area contributed by atoms with Gasteiger partial charge in [-0.1, -0.05) is 16.5 Å². The van der Waals surface area contributed by atoms with Crippen LogP contribution in [0.25, 0.3) is 0 Å². The van der Waals surface area contributed by atoms with E-state index in [2.05, 4.69) is 20.4 Å². The monoisotopic (exact) mass is 663 g/mol. The fourth-order valence-electron chi connectivity index (χ4n) is 4.81. The summed E-state index contributed by atoms with van der Waals surface area (Å²) in [5.41, 5.74) is 11.7. The van der Waals surface area contributed by atoms with Gasteiger partial charge in [-0.2, -0.15) is 0 Å². The van der Waals surface area contributed by atoms with Gasteiger partial charge in [0.2, 0.25) is 11.4 Å². The van der Waals surface area contributed by atoms with Gasteiger partial charge >= 0.3 is 11.1 Å². The second-order valence-electron chi connectivity index (χ2n) is 10.6. The van der Waals surface area contributed by atoms with E-state index in [4.69, 9.17) is 22.1 Å². The number of thioether (sulfide) groups is 2. The third kappa shape index (κ3) is 5.85. The van der Waals surface area contributed by atoms with Crippen LogP contribution in [0.1, 0.15) is 42.8 Å². The number of hydrogen-bond donors (Lipinski definition) is 5. The van der Waals surface area contributed by atoms with Gasteiger partial charge in [0, 0.05) is 24.1 Å². The number of aromatic nitrogens is 3. The van der Waals surface area contributed by atoms with Crippen molar-refractivity contribution in [1.29, 1.82) is 0 Å². The van der Waals surface area contributed by atoms with E-state index >= 15 is 0 Å². The number of β-lactam (4-membered cyclic amide) rings is 1. The predicted molar refractivity (Wildman–Crippen MR) is 159 cm³/mol. The summed E-state index contributed by atoms with van der Waals surface area (Å²) in [5.74, 6) is 2.72. The molecule has 16 nitrogen and oxygen atoms in total. The van der Waals surface area contributed by atoms with Crippen molar-refractivity contribution in [2.45, 2.75) is 61.7 Å². The van der Waals surface area contributed by atoms with E-state index in [1.807, 2.05) is 0 Å². The van der Waals surface area contributed by atoms with E-state index in [1.165, 1.54) is 48.2 Å². The molecule has 2 aliphatic heterocycles. The minimum absolute atomic E-state index is 0.120. The molecule has 0 saturated carbocycles. The first-order valence-corrected chi connectivity index (χ1v) is 16.2. The third-order valence-corrected chi connectivity index (χ3v) is 10.4. The molecule has 1 aliphatic carbocycles. The Balaban J connectivity index is 1.33. The van der Waals surface area contributed by atoms with Crippen molar-refractivity contribution in [3.8, 4) is 0 Å². The summed E-state index contributed by atoms with van der Waals surface area (Å²) in [6, 6.07) is -1.10. The maximum atomic E-state index is 13.3. The Morgan fingerprint density at radius 2 is 2.05 bits per heavy atom. The summed E-state index contributed by atoms with van der Waals surface area (Å²) in [4.78, 5) is 64.9. The largest absolute Gasteiger partial charge is 0.543 e. The number of carbonyl (C=O) groups is 4. The van der Waals surface area contributed by atoms with Crippen LogP contribution in [0.5, 0.6) is 0 Å². The average molecular weight is 664 g/mol. The average Bonchev–Trinajstić information content (AvgIpc) is 3.41. The zero-order valence-electron chi connectivity index (χ0n) is 23.6. The zero-order chi connectivity index (χ0) is 31.9. The molecule has 2 atom stereocenters. The first-order valence-electron chi connectivity index (χ1n) is 13.3. The molecular weight excluding hydrogens is 635 g/mol. The number of nitrogens with one attached hydrogen (secondary N) is 1. The van der Waals surface area contributed by atoms with E-state index in [-0.39, 0.29) is 32.9 Å². The van der Waals surface area contributed by atoms with E-state index < -0.39 is 40.8 Å². The highest BCUT2D eigenvalue weighted by atomic mass is 32.2. The molecule has 2 aromatic rings. The fourth-order valence-corrected chi connectivity index (χ4v) is 7.90. The molecule has 0 aromatic carbocycles. The molecule has 1 saturated heterocycles. The number of oxime groups is 1. The number of anilines is 2. The van der Waals surface area contributed by atoms with Crippen molar-refractivity contribution in [2.75, 3.05) is 28.8 Å². The minimum atomic E-state index is -1.77. The normalized spacial score (nSPS) is 20.0. The Bertz CT molecular complexity index is 1620. The summed E-state index contributed by atoms with van der Waals surface area (Å²) in [7, 11) is 0. The van der Waals surface area contributed by atoms with E-state index in [9.17, 15) is 29.4 Å². The molecule has 0 spiro atoms. The zero-order valence-corrected chi connectivity index (χ0v) is 26.0. The van der Waals surface area contributed by atoms with Gasteiger partial charge in [-0.15, -0.1) is 16.4 Å². The molecular formula is C25H29N9O7S3. The van der Waals surface area contributed by atoms with E-state index in [0.717, 1.165) is 53.2 Å². The van der Waals surface area contributed by atoms with Crippen LogP contribution in [0.3, 0.4) is 0 Å². The number of aliphatic carboxylic acids is 2. The summed E-state index contributed by atoms with van der Waals surface area (Å²) in [5, 5.41) is 27.7. The van der Waals surface area contributed by atoms with Gasteiger partial charge in [0.05, 0.1) is 22.1 Å². The van der Waals surface area contributed by atoms with Crippen molar-refractivity contribution < 1.29 is 38.9 Å². The lowest BCUT2D eigenvalue weighted by atomic mass is 9.96. The van der Waals surface area contributed by atoms with Crippen molar-refractivity contribution in [3.63, 3.8) is 0 Å². The second kappa shape index (κ2) is 12.1. The molecule has 1 fully saturated rings. The molecule has 4 heterocycles. The van der Waals surface area contributed by atoms with Gasteiger partial charge in [0.25, 0.3) is 11.8 Å². The first-order chi connectivity index (χ1) is 20.8. The van der Waals surface area contributed by atoms with Crippen molar-refractivity contribution >= 4 is 75.3 Å². The van der Waals surface area contributed by atoms with Gasteiger partial charge in [-0.05, 0) is 55.4 Å². The number of rotatable bonds is 10. The lowest BCUT2D eigenvalue weighted by Crippen LogP contribution is -2.71. The van der Waals surface area contributed by atoms with Crippen molar-refractivity contribution in [3.05, 3.63) is 33.6 Å². The number of nitrogens with two attached hydrogens (primary N) is 3. The summed E-state index contributed by atoms with van der Waals surface area (Å²) < 4.78 is 1.49. The molecule has 8 N–H and O–H groups in total. The van der Waals surface area contributed by atoms with Crippen LogP contribution in [0.4, 0.5) is 10.9 Å². The standard InChI is InChI=1S/C25H29N9O7S3/c1-25(2,22(39)40)41-32-14(13-7-29-23(27)44-13)18(35)30-15-19(36)33-16(21(37)38)10(8-42-20(15)33)9-43-24-31-17(26)11-5-3-4-6-12(11)34(24)28/h7,15,20,26H,3-6,8-9,28H2,1-2H3,(H5,27,29,30,32,35,37,38,39,40). The van der Waals surface area contributed by atoms with Crippen LogP contribution >= 0.6 is 34.9 Å². The number of hydrogen-bond acceptors (Lipinski definition) is 15. The van der Waals surface area contributed by atoms with E-state index in [1.54, 1.807) is 0 Å². The number of carboxylic acid groups (broad SMARTS) is 2. The molecule has 2 aromatic heterocycles. The van der Waals surface area contributed by atoms with Gasteiger partial charge < -0.3 is 36.6 Å². The second-order valence-corrected chi connectivity index (χ2v) is 13.7. The van der Waals surface area contributed by atoms with Gasteiger partial charge in [-0.25, -0.2) is 9.78 Å². The van der Waals surface area contributed by atoms with Gasteiger partial charge in [-0.3, -0.25) is 20.3 Å². The van der Waals surface area contributed by atoms with E-state index in [0.29, 0.717) is 16.5 Å². The van der Waals surface area contributed by atoms with Crippen LogP contribution in [0.15, 0.2) is 27.8 Å². The number of carbonyl (C=O) groups excluding carboxylic acids is 3. The van der Waals surface area contributed by atoms with Crippen LogP contribution < -0.4 is 32.4 Å². The molecule has 234 valence electrons. The SMILES string of the molecule is CC(C)(O/N=C(\C(=O)NC1C(=O)N2C(C(=O)[O-])=C(CSc3nc(N)c4c([n+]3N)CCCC4)CSC12)c1cnc(N)s1)C(=O)O. The minimum Gasteiger partial charge on any atom is -0.543 e. The molecule has 3 aliphatic rings. The number of nitrogen functional groups attached to an aromatic ring is 3. The lowest BCUT2D eigenvalue weighted by molar-refractivity contribution is -0.690. The highest BCUT2D eigenvalue weighted by molar-refractivity contribution is 8.01. The summed E-state index contributed by atoms with van der Waals surface area (Å²) >= 11 is 3.37. The molecule has 44 heavy (non-hydrogen) atoms. The Labute approximate surface area is 263 Å². The molecule has 0 radical (unpaired) electrons. The van der Waals surface area contributed by atoms with Crippen LogP contribution in [-0.2, 0) is 36.9 Å². The predicted octanol–water partition coefficient (Wildman–Crippen LogP) is -1.64. The molecule has 5 rings (SSSR count). The number of nitrogens with zero attached hydrogens (tertiary/aromatic N) is 5. The smallest absolute Gasteiger partial charge is 0.385 e. The highest BCUT2D eigenvalue weighted by Crippen LogP contribution is 2.41. The Kier molecular flexibility index (Phi) is 8.63.